The molecule has 1 fully saturated rings. The van der Waals surface area contributed by atoms with Gasteiger partial charge in [0.05, 0.1) is 13.2 Å². The normalized spacial score (nSPS) is 16.9. The van der Waals surface area contributed by atoms with Crippen molar-refractivity contribution in [3.63, 3.8) is 0 Å². The summed E-state index contributed by atoms with van der Waals surface area (Å²) in [7, 11) is 0. The van der Waals surface area contributed by atoms with Gasteiger partial charge in [-0.25, -0.2) is 0 Å². The number of para-hydroxylation sites is 1. The summed E-state index contributed by atoms with van der Waals surface area (Å²) in [6.07, 6.45) is 0.298. The minimum absolute atomic E-state index is 0.348. The zero-order chi connectivity index (χ0) is 9.80. The SMILES string of the molecule is O=CNc1ccccc1C1OCCO1. The topological polar surface area (TPSA) is 47.6 Å². The monoisotopic (exact) mass is 193 g/mol. The van der Waals surface area contributed by atoms with Gasteiger partial charge >= 0.3 is 0 Å². The molecule has 1 aliphatic rings. The first kappa shape index (κ1) is 9.18. The molecule has 0 atom stereocenters. The summed E-state index contributed by atoms with van der Waals surface area (Å²) in [5.41, 5.74) is 1.59. The van der Waals surface area contributed by atoms with E-state index in [1.807, 2.05) is 24.3 Å². The van der Waals surface area contributed by atoms with Crippen molar-refractivity contribution in [3.05, 3.63) is 29.8 Å². The maximum Gasteiger partial charge on any atom is 0.211 e. The van der Waals surface area contributed by atoms with Crippen LogP contribution in [0.15, 0.2) is 24.3 Å². The maximum atomic E-state index is 10.3. The lowest BCUT2D eigenvalue weighted by Gasteiger charge is -2.13. The summed E-state index contributed by atoms with van der Waals surface area (Å²) in [5.74, 6) is 0. The Morgan fingerprint density at radius 3 is 2.71 bits per heavy atom. The number of nitrogens with one attached hydrogen (secondary N) is 1. The minimum atomic E-state index is -0.348. The van der Waals surface area contributed by atoms with Crippen LogP contribution in [0, 0.1) is 0 Å². The molecule has 4 heteroatoms. The third-order valence-corrected chi connectivity index (χ3v) is 2.05. The van der Waals surface area contributed by atoms with E-state index in [4.69, 9.17) is 9.47 Å². The van der Waals surface area contributed by atoms with Crippen LogP contribution in [0.1, 0.15) is 11.9 Å². The Morgan fingerprint density at radius 1 is 1.29 bits per heavy atom. The molecule has 74 valence electrons. The first-order valence-corrected chi connectivity index (χ1v) is 4.44. The Bertz CT molecular complexity index is 321. The van der Waals surface area contributed by atoms with Crippen molar-refractivity contribution in [3.8, 4) is 0 Å². The first-order chi connectivity index (χ1) is 6.92. The highest BCUT2D eigenvalue weighted by Crippen LogP contribution is 2.28. The Hall–Kier alpha value is -1.39. The van der Waals surface area contributed by atoms with E-state index in [1.54, 1.807) is 0 Å². The summed E-state index contributed by atoms with van der Waals surface area (Å²) in [5, 5.41) is 2.61. The van der Waals surface area contributed by atoms with Crippen molar-refractivity contribution < 1.29 is 14.3 Å². The van der Waals surface area contributed by atoms with E-state index < -0.39 is 0 Å². The summed E-state index contributed by atoms with van der Waals surface area (Å²) in [6, 6.07) is 7.43. The molecule has 0 spiro atoms. The van der Waals surface area contributed by atoms with Crippen LogP contribution in [-0.4, -0.2) is 19.6 Å². The molecule has 0 saturated carbocycles. The lowest BCUT2D eigenvalue weighted by molar-refractivity contribution is -0.105. The van der Waals surface area contributed by atoms with Crippen molar-refractivity contribution >= 4 is 12.1 Å². The van der Waals surface area contributed by atoms with Gasteiger partial charge in [-0.1, -0.05) is 18.2 Å². The van der Waals surface area contributed by atoms with E-state index >= 15 is 0 Å². The maximum absolute atomic E-state index is 10.3. The summed E-state index contributed by atoms with van der Waals surface area (Å²) >= 11 is 0. The number of amides is 1. The van der Waals surface area contributed by atoms with Gasteiger partial charge in [0.15, 0.2) is 6.29 Å². The fourth-order valence-corrected chi connectivity index (χ4v) is 1.44. The smallest absolute Gasteiger partial charge is 0.211 e. The predicted octanol–water partition coefficient (Wildman–Crippen LogP) is 1.30. The van der Waals surface area contributed by atoms with Gasteiger partial charge in [0.25, 0.3) is 0 Å². The zero-order valence-corrected chi connectivity index (χ0v) is 7.60. The van der Waals surface area contributed by atoms with Crippen LogP contribution >= 0.6 is 0 Å². The first-order valence-electron chi connectivity index (χ1n) is 4.44. The lowest BCUT2D eigenvalue weighted by atomic mass is 10.1. The average Bonchev–Trinajstić information content (AvgIpc) is 2.72. The number of hydrogen-bond donors (Lipinski definition) is 1. The Morgan fingerprint density at radius 2 is 2.00 bits per heavy atom. The van der Waals surface area contributed by atoms with Gasteiger partial charge in [-0.3, -0.25) is 4.79 Å². The quantitative estimate of drug-likeness (QED) is 0.736. The molecule has 1 N–H and O–H groups in total. The van der Waals surface area contributed by atoms with Crippen LogP contribution in [0.25, 0.3) is 0 Å². The van der Waals surface area contributed by atoms with Crippen LogP contribution in [0.2, 0.25) is 0 Å². The molecule has 0 aromatic heterocycles. The fourth-order valence-electron chi connectivity index (χ4n) is 1.44. The van der Waals surface area contributed by atoms with E-state index in [9.17, 15) is 4.79 Å². The lowest BCUT2D eigenvalue weighted by Crippen LogP contribution is -2.04. The highest BCUT2D eigenvalue weighted by molar-refractivity contribution is 5.73. The predicted molar refractivity (Wildman–Crippen MR) is 50.8 cm³/mol. The molecule has 1 amide bonds. The van der Waals surface area contributed by atoms with Crippen molar-refractivity contribution in [2.45, 2.75) is 6.29 Å². The number of anilines is 1. The molecule has 1 aromatic rings. The van der Waals surface area contributed by atoms with Gasteiger partial charge in [-0.15, -0.1) is 0 Å². The van der Waals surface area contributed by atoms with Crippen molar-refractivity contribution in [2.24, 2.45) is 0 Å². The van der Waals surface area contributed by atoms with E-state index in [0.717, 1.165) is 11.3 Å². The molecule has 4 nitrogen and oxygen atoms in total. The van der Waals surface area contributed by atoms with Crippen molar-refractivity contribution in [1.82, 2.24) is 0 Å². The van der Waals surface area contributed by atoms with E-state index in [-0.39, 0.29) is 6.29 Å². The number of benzene rings is 1. The van der Waals surface area contributed by atoms with Crippen LogP contribution < -0.4 is 5.32 Å². The van der Waals surface area contributed by atoms with Gasteiger partial charge in [-0.05, 0) is 6.07 Å². The Kier molecular flexibility index (Phi) is 2.76. The third-order valence-electron chi connectivity index (χ3n) is 2.05. The van der Waals surface area contributed by atoms with Gasteiger partial charge < -0.3 is 14.8 Å². The molecule has 0 unspecified atom stereocenters. The molecule has 1 aliphatic heterocycles. The van der Waals surface area contributed by atoms with Crippen LogP contribution in [0.3, 0.4) is 0 Å². The number of carbonyl (C=O) groups is 1. The molecular formula is C10H11NO3. The highest BCUT2D eigenvalue weighted by atomic mass is 16.7. The number of rotatable bonds is 3. The van der Waals surface area contributed by atoms with Crippen LogP contribution in [-0.2, 0) is 14.3 Å². The van der Waals surface area contributed by atoms with Crippen molar-refractivity contribution in [2.75, 3.05) is 18.5 Å². The molecule has 0 radical (unpaired) electrons. The van der Waals surface area contributed by atoms with Crippen LogP contribution in [0.5, 0.6) is 0 Å². The number of ether oxygens (including phenoxy) is 2. The Labute approximate surface area is 81.8 Å². The molecule has 1 heterocycles. The van der Waals surface area contributed by atoms with Gasteiger partial charge in [-0.2, -0.15) is 0 Å². The number of carbonyl (C=O) groups excluding carboxylic acids is 1. The molecule has 2 rings (SSSR count). The second-order valence-corrected chi connectivity index (χ2v) is 2.92. The minimum Gasteiger partial charge on any atom is -0.346 e. The van der Waals surface area contributed by atoms with E-state index in [1.165, 1.54) is 0 Å². The molecule has 14 heavy (non-hydrogen) atoms. The van der Waals surface area contributed by atoms with Gasteiger partial charge in [0.1, 0.15) is 0 Å². The highest BCUT2D eigenvalue weighted by Gasteiger charge is 2.20. The van der Waals surface area contributed by atoms with Crippen LogP contribution in [0.4, 0.5) is 5.69 Å². The molecule has 0 aliphatic carbocycles. The zero-order valence-electron chi connectivity index (χ0n) is 7.60. The summed E-state index contributed by atoms with van der Waals surface area (Å²) in [4.78, 5) is 10.3. The molecule has 1 saturated heterocycles. The fraction of sp³-hybridized carbons (Fsp3) is 0.300. The second-order valence-electron chi connectivity index (χ2n) is 2.92. The summed E-state index contributed by atoms with van der Waals surface area (Å²) in [6.45, 7) is 1.19. The van der Waals surface area contributed by atoms with E-state index in [0.29, 0.717) is 19.6 Å². The molecule has 1 aromatic carbocycles. The second kappa shape index (κ2) is 4.21. The third kappa shape index (κ3) is 1.76. The summed E-state index contributed by atoms with van der Waals surface area (Å²) < 4.78 is 10.7. The number of hydrogen-bond acceptors (Lipinski definition) is 3. The standard InChI is InChI=1S/C10H11NO3/c12-7-11-9-4-2-1-3-8(9)10-13-5-6-14-10/h1-4,7,10H,5-6H2,(H,11,12). The van der Waals surface area contributed by atoms with Gasteiger partial charge in [0, 0.05) is 11.3 Å². The largest absolute Gasteiger partial charge is 0.346 e. The van der Waals surface area contributed by atoms with E-state index in [2.05, 4.69) is 5.32 Å². The molecule has 0 bridgehead atoms. The van der Waals surface area contributed by atoms with Crippen molar-refractivity contribution in [1.29, 1.82) is 0 Å². The Balaban J connectivity index is 2.25. The average molecular weight is 193 g/mol. The molecular weight excluding hydrogens is 182 g/mol. The van der Waals surface area contributed by atoms with Gasteiger partial charge in [0.2, 0.25) is 6.41 Å².